The second-order valence-corrected chi connectivity index (χ2v) is 5.97. The van der Waals surface area contributed by atoms with Crippen LogP contribution in [0.1, 0.15) is 31.4 Å². The summed E-state index contributed by atoms with van der Waals surface area (Å²) in [6, 6.07) is 7.94. The molecule has 2 saturated heterocycles. The van der Waals surface area contributed by atoms with Crippen molar-refractivity contribution >= 4 is 0 Å². The van der Waals surface area contributed by atoms with Crippen molar-refractivity contribution in [3.05, 3.63) is 30.1 Å². The van der Waals surface area contributed by atoms with Crippen molar-refractivity contribution < 1.29 is 0 Å². The van der Waals surface area contributed by atoms with Gasteiger partial charge in [-0.25, -0.2) is 0 Å². The molecule has 3 unspecified atom stereocenters. The van der Waals surface area contributed by atoms with Gasteiger partial charge >= 0.3 is 0 Å². The van der Waals surface area contributed by atoms with Crippen LogP contribution in [0.4, 0.5) is 0 Å². The smallest absolute Gasteiger partial charge is 0.0419 e. The molecule has 2 bridgehead atoms. The lowest BCUT2D eigenvalue weighted by molar-refractivity contribution is 0.120. The van der Waals surface area contributed by atoms with Crippen LogP contribution < -0.4 is 5.73 Å². The van der Waals surface area contributed by atoms with E-state index in [1.54, 1.807) is 0 Å². The molecule has 0 aromatic carbocycles. The topological polar surface area (TPSA) is 42.1 Å². The summed E-state index contributed by atoms with van der Waals surface area (Å²) in [5.41, 5.74) is 7.56. The van der Waals surface area contributed by atoms with Crippen molar-refractivity contribution in [2.75, 3.05) is 7.05 Å². The Hall–Kier alpha value is -0.930. The van der Waals surface area contributed by atoms with Gasteiger partial charge in [-0.1, -0.05) is 6.07 Å². The van der Waals surface area contributed by atoms with Gasteiger partial charge in [-0.15, -0.1) is 0 Å². The van der Waals surface area contributed by atoms with E-state index in [1.807, 2.05) is 18.3 Å². The van der Waals surface area contributed by atoms with E-state index in [2.05, 4.69) is 23.0 Å². The van der Waals surface area contributed by atoms with Gasteiger partial charge in [-0.05, 0) is 50.8 Å². The van der Waals surface area contributed by atoms with Crippen LogP contribution in [0, 0.1) is 5.92 Å². The molecule has 0 amide bonds. The van der Waals surface area contributed by atoms with Crippen LogP contribution in [0.3, 0.4) is 0 Å². The highest BCUT2D eigenvalue weighted by atomic mass is 15.2. The number of hydrogen-bond acceptors (Lipinski definition) is 3. The van der Waals surface area contributed by atoms with Crippen LogP contribution >= 0.6 is 0 Å². The summed E-state index contributed by atoms with van der Waals surface area (Å²) in [6.45, 7) is 0. The first-order valence-corrected chi connectivity index (χ1v) is 7.11. The van der Waals surface area contributed by atoms with Gasteiger partial charge in [0.15, 0.2) is 0 Å². The number of pyridine rings is 1. The van der Waals surface area contributed by atoms with Gasteiger partial charge in [0, 0.05) is 36.4 Å². The number of nitrogens with two attached hydrogens (primary N) is 1. The molecule has 2 aliphatic rings. The molecule has 3 heteroatoms. The van der Waals surface area contributed by atoms with E-state index in [4.69, 9.17) is 5.73 Å². The van der Waals surface area contributed by atoms with Crippen molar-refractivity contribution in [1.82, 2.24) is 9.88 Å². The molecule has 2 fully saturated rings. The second-order valence-electron chi connectivity index (χ2n) is 5.97. The van der Waals surface area contributed by atoms with Crippen LogP contribution in [-0.4, -0.2) is 35.1 Å². The van der Waals surface area contributed by atoms with Crippen molar-refractivity contribution in [3.8, 4) is 0 Å². The van der Waals surface area contributed by atoms with Crippen molar-refractivity contribution in [2.24, 2.45) is 11.7 Å². The highest BCUT2D eigenvalue weighted by Gasteiger charge is 2.40. The minimum Gasteiger partial charge on any atom is -0.327 e. The van der Waals surface area contributed by atoms with E-state index in [1.165, 1.54) is 25.7 Å². The van der Waals surface area contributed by atoms with Crippen LogP contribution in [0.5, 0.6) is 0 Å². The van der Waals surface area contributed by atoms with Crippen LogP contribution in [0.15, 0.2) is 24.4 Å². The monoisotopic (exact) mass is 245 g/mol. The molecular formula is C15H23N3. The maximum absolute atomic E-state index is 6.42. The van der Waals surface area contributed by atoms with Gasteiger partial charge in [0.05, 0.1) is 0 Å². The molecular weight excluding hydrogens is 222 g/mol. The Bertz CT molecular complexity index is 378. The summed E-state index contributed by atoms with van der Waals surface area (Å²) >= 11 is 0. The number of hydrogen-bond donors (Lipinski definition) is 1. The highest BCUT2D eigenvalue weighted by molar-refractivity contribution is 5.06. The fourth-order valence-corrected chi connectivity index (χ4v) is 3.73. The molecule has 3 heterocycles. The third kappa shape index (κ3) is 2.29. The highest BCUT2D eigenvalue weighted by Crippen LogP contribution is 2.38. The zero-order valence-corrected chi connectivity index (χ0v) is 11.1. The van der Waals surface area contributed by atoms with E-state index in [0.29, 0.717) is 5.92 Å². The summed E-state index contributed by atoms with van der Waals surface area (Å²) in [4.78, 5) is 6.97. The Morgan fingerprint density at radius 2 is 2.06 bits per heavy atom. The van der Waals surface area contributed by atoms with E-state index in [9.17, 15) is 0 Å². The first-order chi connectivity index (χ1) is 8.74. The standard InChI is InChI=1S/C15H23N3/c1-18-13-5-6-14(18)9-11(8-13)15(16)10-12-4-2-3-7-17-12/h2-4,7,11,13-15H,5-6,8-10,16H2,1H3. The average molecular weight is 245 g/mol. The van der Waals surface area contributed by atoms with E-state index < -0.39 is 0 Å². The van der Waals surface area contributed by atoms with Crippen LogP contribution in [0.2, 0.25) is 0 Å². The zero-order chi connectivity index (χ0) is 12.5. The Morgan fingerprint density at radius 1 is 1.33 bits per heavy atom. The molecule has 2 aliphatic heterocycles. The average Bonchev–Trinajstić information content (AvgIpc) is 2.63. The Kier molecular flexibility index (Phi) is 3.35. The van der Waals surface area contributed by atoms with Gasteiger partial charge in [0.1, 0.15) is 0 Å². The molecule has 18 heavy (non-hydrogen) atoms. The first-order valence-electron chi connectivity index (χ1n) is 7.11. The zero-order valence-electron chi connectivity index (χ0n) is 11.1. The number of aromatic nitrogens is 1. The number of fused-ring (bicyclic) bond motifs is 2. The third-order valence-corrected chi connectivity index (χ3v) is 4.91. The Balaban J connectivity index is 1.62. The molecule has 0 radical (unpaired) electrons. The summed E-state index contributed by atoms with van der Waals surface area (Å²) in [7, 11) is 2.28. The van der Waals surface area contributed by atoms with Crippen LogP contribution in [-0.2, 0) is 6.42 Å². The lowest BCUT2D eigenvalue weighted by Crippen LogP contribution is -2.46. The van der Waals surface area contributed by atoms with E-state index in [0.717, 1.165) is 24.2 Å². The second kappa shape index (κ2) is 4.98. The molecule has 1 aromatic rings. The predicted molar refractivity (Wildman–Crippen MR) is 73.2 cm³/mol. The summed E-state index contributed by atoms with van der Waals surface area (Å²) < 4.78 is 0. The molecule has 0 aliphatic carbocycles. The molecule has 0 spiro atoms. The quantitative estimate of drug-likeness (QED) is 0.883. The number of nitrogens with zero attached hydrogens (tertiary/aromatic N) is 2. The maximum atomic E-state index is 6.42. The van der Waals surface area contributed by atoms with Gasteiger partial charge < -0.3 is 10.6 Å². The molecule has 3 nitrogen and oxygen atoms in total. The molecule has 2 N–H and O–H groups in total. The van der Waals surface area contributed by atoms with Crippen molar-refractivity contribution in [3.63, 3.8) is 0 Å². The van der Waals surface area contributed by atoms with Gasteiger partial charge in [0.25, 0.3) is 0 Å². The van der Waals surface area contributed by atoms with Gasteiger partial charge in [0.2, 0.25) is 0 Å². The minimum atomic E-state index is 0.275. The molecule has 3 rings (SSSR count). The summed E-state index contributed by atoms with van der Waals surface area (Å²) in [6.07, 6.45) is 8.08. The fraction of sp³-hybridized carbons (Fsp3) is 0.667. The normalized spacial score (nSPS) is 33.6. The van der Waals surface area contributed by atoms with Crippen molar-refractivity contribution in [2.45, 2.75) is 50.2 Å². The maximum Gasteiger partial charge on any atom is 0.0419 e. The summed E-state index contributed by atoms with van der Waals surface area (Å²) in [5, 5.41) is 0. The van der Waals surface area contributed by atoms with Crippen LogP contribution in [0.25, 0.3) is 0 Å². The predicted octanol–water partition coefficient (Wildman–Crippen LogP) is 1.82. The molecule has 1 aromatic heterocycles. The number of piperidine rings is 1. The fourth-order valence-electron chi connectivity index (χ4n) is 3.73. The molecule has 3 atom stereocenters. The largest absolute Gasteiger partial charge is 0.327 e. The lowest BCUT2D eigenvalue weighted by Gasteiger charge is -2.38. The third-order valence-electron chi connectivity index (χ3n) is 4.91. The van der Waals surface area contributed by atoms with Crippen molar-refractivity contribution in [1.29, 1.82) is 0 Å². The van der Waals surface area contributed by atoms with Gasteiger partial charge in [-0.2, -0.15) is 0 Å². The number of rotatable bonds is 3. The van der Waals surface area contributed by atoms with E-state index in [-0.39, 0.29) is 6.04 Å². The van der Waals surface area contributed by atoms with Gasteiger partial charge in [-0.3, -0.25) is 4.98 Å². The lowest BCUT2D eigenvalue weighted by atomic mass is 9.83. The molecule has 98 valence electrons. The molecule has 0 saturated carbocycles. The SMILES string of the molecule is CN1C2CCC1CC(C(N)Cc1ccccn1)C2. The van der Waals surface area contributed by atoms with E-state index >= 15 is 0 Å². The minimum absolute atomic E-state index is 0.275. The Morgan fingerprint density at radius 3 is 2.67 bits per heavy atom. The first kappa shape index (κ1) is 12.1. The summed E-state index contributed by atoms with van der Waals surface area (Å²) in [5.74, 6) is 0.681. The Labute approximate surface area is 109 Å².